The Morgan fingerprint density at radius 2 is 1.42 bits per heavy atom. The average molecular weight is 406 g/mol. The first-order valence-electron chi connectivity index (χ1n) is 8.38. The summed E-state index contributed by atoms with van der Waals surface area (Å²) in [6.07, 6.45) is 1.08. The Labute approximate surface area is 167 Å². The number of alkyl halides is 2. The van der Waals surface area contributed by atoms with E-state index < -0.39 is 0 Å². The fraction of sp³-hybridized carbons (Fsp3) is 0.941. The van der Waals surface area contributed by atoms with Gasteiger partial charge in [0.05, 0.1) is 17.9 Å². The molecule has 0 aliphatic carbocycles. The molecule has 4 nitrogen and oxygen atoms in total. The molecule has 0 aromatic carbocycles. The summed E-state index contributed by atoms with van der Waals surface area (Å²) in [4.78, 5) is 12.5. The molecule has 0 unspecified atom stereocenters. The summed E-state index contributed by atoms with van der Waals surface area (Å²) in [6, 6.07) is 4.02. The highest BCUT2D eigenvalue weighted by atomic mass is 35.5. The van der Waals surface area contributed by atoms with Crippen molar-refractivity contribution < 1.29 is 0 Å². The van der Waals surface area contributed by atoms with Gasteiger partial charge in [0.25, 0.3) is 0 Å². The van der Waals surface area contributed by atoms with Crippen LogP contribution in [0, 0.1) is 0 Å². The molecular formula is C17H39Cl3N4. The summed E-state index contributed by atoms with van der Waals surface area (Å²) in [7, 11) is 4.12. The van der Waals surface area contributed by atoms with Gasteiger partial charge in [-0.05, 0) is 68.2 Å². The first-order valence-corrected chi connectivity index (χ1v) is 9.45. The second-order valence-electron chi connectivity index (χ2n) is 5.73. The molecule has 7 heteroatoms. The fourth-order valence-corrected chi connectivity index (χ4v) is 1.96. The lowest BCUT2D eigenvalue weighted by molar-refractivity contribution is 0.185. The Morgan fingerprint density at radius 1 is 0.958 bits per heavy atom. The number of aliphatic imine (C=N–C) groups is 2. The van der Waals surface area contributed by atoms with Crippen LogP contribution in [0.1, 0.15) is 48.0 Å². The fourth-order valence-electron chi connectivity index (χ4n) is 1.96. The zero-order valence-electron chi connectivity index (χ0n) is 16.9. The lowest BCUT2D eigenvalue weighted by Gasteiger charge is -2.28. The number of hydrogen-bond donors (Lipinski definition) is 0. The second kappa shape index (κ2) is 25.4. The zero-order valence-corrected chi connectivity index (χ0v) is 19.2. The smallest absolute Gasteiger partial charge is 0.0967 e. The SMILES string of the molecule is CCN(C(C)C)C(C)C.CCN=C=NCCCN(C)C.Cl.ClCCl. The molecule has 148 valence electrons. The molecule has 0 amide bonds. The molecule has 0 fully saturated rings. The maximum absolute atomic E-state index is 4.76. The summed E-state index contributed by atoms with van der Waals surface area (Å²) >= 11 is 9.53. The first kappa shape index (κ1) is 31.9. The Hall–Kier alpha value is 0.170. The van der Waals surface area contributed by atoms with Crippen molar-refractivity contribution in [1.82, 2.24) is 9.80 Å². The van der Waals surface area contributed by atoms with Crippen LogP contribution in [-0.4, -0.2) is 73.5 Å². The van der Waals surface area contributed by atoms with Gasteiger partial charge in [0.15, 0.2) is 0 Å². The molecule has 0 aliphatic heterocycles. The van der Waals surface area contributed by atoms with E-state index >= 15 is 0 Å². The molecule has 0 saturated carbocycles. The molecular weight excluding hydrogens is 367 g/mol. The zero-order chi connectivity index (χ0) is 18.7. The third-order valence-electron chi connectivity index (χ3n) is 2.87. The van der Waals surface area contributed by atoms with Crippen LogP contribution in [0.25, 0.3) is 0 Å². The summed E-state index contributed by atoms with van der Waals surface area (Å²) in [6.45, 7) is 17.0. The van der Waals surface area contributed by atoms with Gasteiger partial charge in [-0.3, -0.25) is 4.90 Å². The minimum atomic E-state index is 0. The van der Waals surface area contributed by atoms with Crippen molar-refractivity contribution in [2.45, 2.75) is 60.0 Å². The van der Waals surface area contributed by atoms with Gasteiger partial charge >= 0.3 is 0 Å². The minimum absolute atomic E-state index is 0. The number of halogens is 3. The third-order valence-corrected chi connectivity index (χ3v) is 2.87. The van der Waals surface area contributed by atoms with E-state index in [0.29, 0.717) is 12.1 Å². The van der Waals surface area contributed by atoms with Crippen LogP contribution < -0.4 is 0 Å². The van der Waals surface area contributed by atoms with E-state index in [2.05, 4.69) is 74.5 Å². The summed E-state index contributed by atoms with van der Waals surface area (Å²) in [5.41, 5.74) is 0. The second-order valence-corrected chi connectivity index (χ2v) is 6.54. The lowest BCUT2D eigenvalue weighted by atomic mass is 10.2. The largest absolute Gasteiger partial charge is 0.309 e. The Bertz CT molecular complexity index is 271. The van der Waals surface area contributed by atoms with Crippen LogP contribution in [-0.2, 0) is 0 Å². The van der Waals surface area contributed by atoms with Crippen LogP contribution in [0.5, 0.6) is 0 Å². The average Bonchev–Trinajstić information content (AvgIpc) is 2.44. The van der Waals surface area contributed by atoms with Crippen LogP contribution >= 0.6 is 35.6 Å². The van der Waals surface area contributed by atoms with E-state index in [1.165, 1.54) is 0 Å². The third kappa shape index (κ3) is 30.1. The molecule has 0 radical (unpaired) electrons. The highest BCUT2D eigenvalue weighted by molar-refractivity contribution is 6.40. The van der Waals surface area contributed by atoms with E-state index in [4.69, 9.17) is 23.2 Å². The quantitative estimate of drug-likeness (QED) is 0.319. The molecule has 0 N–H and O–H groups in total. The van der Waals surface area contributed by atoms with Crippen LogP contribution in [0.4, 0.5) is 0 Å². The number of hydrogen-bond acceptors (Lipinski definition) is 4. The Morgan fingerprint density at radius 3 is 1.67 bits per heavy atom. The summed E-state index contributed by atoms with van der Waals surface area (Å²) in [5.74, 6) is 0. The van der Waals surface area contributed by atoms with E-state index in [9.17, 15) is 0 Å². The van der Waals surface area contributed by atoms with Crippen molar-refractivity contribution in [1.29, 1.82) is 0 Å². The van der Waals surface area contributed by atoms with E-state index in [1.807, 2.05) is 6.92 Å². The maximum atomic E-state index is 4.76. The molecule has 0 bridgehead atoms. The van der Waals surface area contributed by atoms with Gasteiger partial charge in [-0.25, -0.2) is 9.98 Å². The molecule has 0 spiro atoms. The van der Waals surface area contributed by atoms with Gasteiger partial charge in [-0.1, -0.05) is 6.92 Å². The van der Waals surface area contributed by atoms with Crippen LogP contribution in [0.2, 0.25) is 0 Å². The van der Waals surface area contributed by atoms with Gasteiger partial charge < -0.3 is 4.90 Å². The summed E-state index contributed by atoms with van der Waals surface area (Å²) < 4.78 is 0. The maximum Gasteiger partial charge on any atom is 0.0967 e. The number of nitrogens with zero attached hydrogens (tertiary/aromatic N) is 4. The van der Waals surface area contributed by atoms with Crippen molar-refractivity contribution in [3.63, 3.8) is 0 Å². The summed E-state index contributed by atoms with van der Waals surface area (Å²) in [5, 5.41) is 0.194. The molecule has 0 aromatic rings. The predicted octanol–water partition coefficient (Wildman–Crippen LogP) is 5.10. The van der Waals surface area contributed by atoms with Crippen molar-refractivity contribution in [3.05, 3.63) is 0 Å². The van der Waals surface area contributed by atoms with Crippen molar-refractivity contribution in [2.24, 2.45) is 9.98 Å². The Kier molecular flexibility index (Phi) is 33.8. The standard InChI is InChI=1S/C8H17N3.C8H19N.CH2Cl2.ClH/c1-4-9-8-10-6-5-7-11(2)3;1-6-9(7(2)3)8(4)5;2-1-3;/h4-7H2,1-3H3;7-8H,6H2,1-5H3;1H2;1H. The normalized spacial score (nSPS) is 9.58. The van der Waals surface area contributed by atoms with Gasteiger partial charge in [-0.2, -0.15) is 0 Å². The van der Waals surface area contributed by atoms with Crippen molar-refractivity contribution in [2.75, 3.05) is 45.6 Å². The van der Waals surface area contributed by atoms with Gasteiger partial charge in [0.2, 0.25) is 0 Å². The molecule has 0 heterocycles. The molecule has 0 atom stereocenters. The van der Waals surface area contributed by atoms with E-state index in [-0.39, 0.29) is 17.7 Å². The Balaban J connectivity index is -0.000000140. The molecule has 24 heavy (non-hydrogen) atoms. The van der Waals surface area contributed by atoms with Gasteiger partial charge in [0, 0.05) is 18.6 Å². The monoisotopic (exact) mass is 404 g/mol. The molecule has 0 saturated heterocycles. The lowest BCUT2D eigenvalue weighted by Crippen LogP contribution is -2.36. The number of rotatable bonds is 8. The topological polar surface area (TPSA) is 31.2 Å². The van der Waals surface area contributed by atoms with E-state index in [0.717, 1.165) is 32.6 Å². The van der Waals surface area contributed by atoms with E-state index in [1.54, 1.807) is 0 Å². The highest BCUT2D eigenvalue weighted by Crippen LogP contribution is 2.02. The molecule has 0 aliphatic rings. The highest BCUT2D eigenvalue weighted by Gasteiger charge is 2.08. The molecule has 0 aromatic heterocycles. The predicted molar refractivity (Wildman–Crippen MR) is 115 cm³/mol. The van der Waals surface area contributed by atoms with Gasteiger partial charge in [0.1, 0.15) is 0 Å². The van der Waals surface area contributed by atoms with Crippen molar-refractivity contribution >= 4 is 41.6 Å². The van der Waals surface area contributed by atoms with Gasteiger partial charge in [-0.15, -0.1) is 35.6 Å². The van der Waals surface area contributed by atoms with Crippen molar-refractivity contribution in [3.8, 4) is 0 Å². The molecule has 0 rings (SSSR count). The van der Waals surface area contributed by atoms with Crippen LogP contribution in [0.15, 0.2) is 9.98 Å². The minimum Gasteiger partial charge on any atom is -0.309 e. The first-order chi connectivity index (χ1) is 10.8. The van der Waals surface area contributed by atoms with Crippen LogP contribution in [0.3, 0.4) is 0 Å².